The Bertz CT molecular complexity index is 478. The van der Waals surface area contributed by atoms with Crippen molar-refractivity contribution in [3.63, 3.8) is 0 Å². The number of phenols is 1. The molecule has 2 rings (SSSR count). The zero-order valence-electron chi connectivity index (χ0n) is 10.0. The molecule has 1 aliphatic carbocycles. The molecule has 4 heteroatoms. The van der Waals surface area contributed by atoms with Crippen LogP contribution in [0.3, 0.4) is 0 Å². The van der Waals surface area contributed by atoms with Crippen LogP contribution in [0.5, 0.6) is 5.75 Å². The lowest BCUT2D eigenvalue weighted by molar-refractivity contribution is -0.139. The van der Waals surface area contributed by atoms with Crippen LogP contribution in [-0.2, 0) is 10.2 Å². The highest BCUT2D eigenvalue weighted by Gasteiger charge is 2.53. The van der Waals surface area contributed by atoms with Gasteiger partial charge in [-0.2, -0.15) is 0 Å². The molecule has 0 bridgehead atoms. The van der Waals surface area contributed by atoms with Gasteiger partial charge in [-0.05, 0) is 43.9 Å². The lowest BCUT2D eigenvalue weighted by atomic mass is 9.86. The van der Waals surface area contributed by atoms with E-state index in [0.717, 1.165) is 24.0 Å². The van der Waals surface area contributed by atoms with Crippen molar-refractivity contribution >= 4 is 5.97 Å². The quantitative estimate of drug-likeness (QED) is 0.740. The van der Waals surface area contributed by atoms with E-state index in [1.54, 1.807) is 6.07 Å². The van der Waals surface area contributed by atoms with Crippen molar-refractivity contribution in [2.75, 3.05) is 0 Å². The van der Waals surface area contributed by atoms with E-state index in [4.69, 9.17) is 10.8 Å². The first-order chi connectivity index (χ1) is 7.88. The minimum atomic E-state index is -1.01. The van der Waals surface area contributed by atoms with Crippen LogP contribution in [0.25, 0.3) is 0 Å². The minimum Gasteiger partial charge on any atom is -0.508 e. The molecule has 17 heavy (non-hydrogen) atoms. The molecule has 92 valence electrons. The summed E-state index contributed by atoms with van der Waals surface area (Å²) < 4.78 is 0. The molecule has 0 saturated heterocycles. The first-order valence-electron chi connectivity index (χ1n) is 5.67. The Morgan fingerprint density at radius 1 is 1.35 bits per heavy atom. The molecule has 0 aliphatic heterocycles. The summed E-state index contributed by atoms with van der Waals surface area (Å²) in [6, 6.07) is 2.59. The van der Waals surface area contributed by atoms with Crippen LogP contribution >= 0.6 is 0 Å². The van der Waals surface area contributed by atoms with Crippen molar-refractivity contribution in [3.05, 3.63) is 28.8 Å². The molecule has 0 amide bonds. The number of rotatable bonds is 3. The van der Waals surface area contributed by atoms with Gasteiger partial charge in [0.1, 0.15) is 11.8 Å². The second-order valence-electron chi connectivity index (χ2n) is 4.93. The second kappa shape index (κ2) is 3.74. The standard InChI is InChI=1S/C13H17NO3/c1-7-5-9(10(15)6-8(7)2)13(3-4-13)11(14)12(16)17/h5-6,11,15H,3-4,14H2,1-2H3,(H,16,17). The molecule has 1 aliphatic rings. The van der Waals surface area contributed by atoms with Gasteiger partial charge in [0.15, 0.2) is 0 Å². The van der Waals surface area contributed by atoms with Gasteiger partial charge in [0.05, 0.1) is 0 Å². The van der Waals surface area contributed by atoms with Gasteiger partial charge in [-0.3, -0.25) is 4.79 Å². The van der Waals surface area contributed by atoms with Gasteiger partial charge in [-0.15, -0.1) is 0 Å². The summed E-state index contributed by atoms with van der Waals surface area (Å²) in [7, 11) is 0. The third kappa shape index (κ3) is 1.78. The molecule has 0 aromatic heterocycles. The second-order valence-corrected chi connectivity index (χ2v) is 4.93. The number of hydrogen-bond acceptors (Lipinski definition) is 3. The van der Waals surface area contributed by atoms with E-state index in [2.05, 4.69) is 0 Å². The predicted molar refractivity (Wildman–Crippen MR) is 64.1 cm³/mol. The Labute approximate surface area is 100 Å². The first-order valence-corrected chi connectivity index (χ1v) is 5.67. The number of aromatic hydroxyl groups is 1. The minimum absolute atomic E-state index is 0.155. The largest absolute Gasteiger partial charge is 0.508 e. The summed E-state index contributed by atoms with van der Waals surface area (Å²) in [5, 5.41) is 19.0. The summed E-state index contributed by atoms with van der Waals surface area (Å²) in [4.78, 5) is 11.0. The molecule has 4 nitrogen and oxygen atoms in total. The fourth-order valence-electron chi connectivity index (χ4n) is 2.32. The Hall–Kier alpha value is -1.55. The molecule has 1 atom stereocenters. The number of carboxylic acids is 1. The van der Waals surface area contributed by atoms with Crippen molar-refractivity contribution < 1.29 is 15.0 Å². The SMILES string of the molecule is Cc1cc(O)c(C2(C(N)C(=O)O)CC2)cc1C. The highest BCUT2D eigenvalue weighted by molar-refractivity contribution is 5.77. The van der Waals surface area contributed by atoms with Gasteiger partial charge in [-0.25, -0.2) is 0 Å². The molecule has 1 saturated carbocycles. The van der Waals surface area contributed by atoms with Crippen molar-refractivity contribution in [1.29, 1.82) is 0 Å². The molecule has 1 aromatic rings. The fraction of sp³-hybridized carbons (Fsp3) is 0.462. The average molecular weight is 235 g/mol. The normalized spacial score (nSPS) is 18.8. The smallest absolute Gasteiger partial charge is 0.321 e. The number of carbonyl (C=O) groups is 1. The van der Waals surface area contributed by atoms with Crippen LogP contribution in [-0.4, -0.2) is 22.2 Å². The number of hydrogen-bond donors (Lipinski definition) is 3. The van der Waals surface area contributed by atoms with Crippen molar-refractivity contribution in [3.8, 4) is 5.75 Å². The summed E-state index contributed by atoms with van der Waals surface area (Å²) in [6.07, 6.45) is 1.44. The summed E-state index contributed by atoms with van der Waals surface area (Å²) >= 11 is 0. The number of phenolic OH excluding ortho intramolecular Hbond substituents is 1. The molecule has 0 spiro atoms. The number of aliphatic carboxylic acids is 1. The summed E-state index contributed by atoms with van der Waals surface area (Å²) in [6.45, 7) is 3.86. The van der Waals surface area contributed by atoms with Crippen LogP contribution in [0.1, 0.15) is 29.5 Å². The highest BCUT2D eigenvalue weighted by atomic mass is 16.4. The topological polar surface area (TPSA) is 83.5 Å². The van der Waals surface area contributed by atoms with Crippen LogP contribution in [0, 0.1) is 13.8 Å². The number of carboxylic acid groups (broad SMARTS) is 1. The molecule has 0 heterocycles. The molecule has 0 radical (unpaired) electrons. The van der Waals surface area contributed by atoms with Gasteiger partial charge >= 0.3 is 5.97 Å². The van der Waals surface area contributed by atoms with E-state index < -0.39 is 17.4 Å². The van der Waals surface area contributed by atoms with E-state index in [1.165, 1.54) is 0 Å². The van der Waals surface area contributed by atoms with Crippen LogP contribution in [0.15, 0.2) is 12.1 Å². The van der Waals surface area contributed by atoms with Gasteiger partial charge in [0.2, 0.25) is 0 Å². The Morgan fingerprint density at radius 2 is 1.88 bits per heavy atom. The molecule has 1 unspecified atom stereocenters. The summed E-state index contributed by atoms with van der Waals surface area (Å²) in [5.74, 6) is -0.859. The lowest BCUT2D eigenvalue weighted by Gasteiger charge is -2.22. The zero-order valence-corrected chi connectivity index (χ0v) is 10.0. The van der Waals surface area contributed by atoms with Crippen LogP contribution < -0.4 is 5.73 Å². The van der Waals surface area contributed by atoms with Gasteiger partial charge in [-0.1, -0.05) is 6.07 Å². The highest BCUT2D eigenvalue weighted by Crippen LogP contribution is 2.53. The maximum absolute atomic E-state index is 11.0. The predicted octanol–water partition coefficient (Wildman–Crippen LogP) is 1.45. The van der Waals surface area contributed by atoms with Crippen LogP contribution in [0.4, 0.5) is 0 Å². The number of nitrogens with two attached hydrogens (primary N) is 1. The van der Waals surface area contributed by atoms with Gasteiger partial charge in [0, 0.05) is 11.0 Å². The van der Waals surface area contributed by atoms with E-state index in [0.29, 0.717) is 5.56 Å². The van der Waals surface area contributed by atoms with E-state index in [1.807, 2.05) is 19.9 Å². The van der Waals surface area contributed by atoms with E-state index in [9.17, 15) is 9.90 Å². The summed E-state index contributed by atoms with van der Waals surface area (Å²) in [5.41, 5.74) is 7.87. The average Bonchev–Trinajstić information content (AvgIpc) is 3.03. The van der Waals surface area contributed by atoms with Crippen molar-refractivity contribution in [2.45, 2.75) is 38.1 Å². The molecule has 1 fully saturated rings. The molecule has 1 aromatic carbocycles. The number of benzene rings is 1. The van der Waals surface area contributed by atoms with Gasteiger partial charge < -0.3 is 15.9 Å². The number of aryl methyl sites for hydroxylation is 2. The van der Waals surface area contributed by atoms with E-state index in [-0.39, 0.29) is 5.75 Å². The fourth-order valence-corrected chi connectivity index (χ4v) is 2.32. The Balaban J connectivity index is 2.47. The van der Waals surface area contributed by atoms with Gasteiger partial charge in [0.25, 0.3) is 0 Å². The van der Waals surface area contributed by atoms with Crippen molar-refractivity contribution in [1.82, 2.24) is 0 Å². The van der Waals surface area contributed by atoms with E-state index >= 15 is 0 Å². The maximum atomic E-state index is 11.0. The van der Waals surface area contributed by atoms with Crippen LogP contribution in [0.2, 0.25) is 0 Å². The van der Waals surface area contributed by atoms with Crippen molar-refractivity contribution in [2.24, 2.45) is 5.73 Å². The zero-order chi connectivity index (χ0) is 12.8. The Morgan fingerprint density at radius 3 is 2.35 bits per heavy atom. The maximum Gasteiger partial charge on any atom is 0.321 e. The molecule has 4 N–H and O–H groups in total. The Kier molecular flexibility index (Phi) is 2.62. The monoisotopic (exact) mass is 235 g/mol. The lowest BCUT2D eigenvalue weighted by Crippen LogP contribution is -2.42. The molecular formula is C13H17NO3. The third-order valence-electron chi connectivity index (χ3n) is 3.80. The molecular weight excluding hydrogens is 218 g/mol. The third-order valence-corrected chi connectivity index (χ3v) is 3.80. The first kappa shape index (κ1) is 11.9.